The molecule has 2 rings (SSSR count). The Balaban J connectivity index is 0.000000227. The number of aromatic nitrogens is 2. The molecule has 0 saturated carbocycles. The molecule has 0 N–H and O–H groups in total. The van der Waals surface area contributed by atoms with Crippen LogP contribution in [0, 0.1) is 19.1 Å². The molecule has 0 fully saturated rings. The molecular weight excluding hydrogens is 184 g/mol. The summed E-state index contributed by atoms with van der Waals surface area (Å²) < 4.78 is 0. The largest absolute Gasteiger partial charge is 0.265 e. The SMILES string of the molecule is CC.Cc1ccncc1.c1ccncc#1. The molecule has 0 aliphatic heterocycles. The van der Waals surface area contributed by atoms with Gasteiger partial charge in [-0.25, -0.2) is 0 Å². The molecule has 0 unspecified atom stereocenters. The summed E-state index contributed by atoms with van der Waals surface area (Å²) >= 11 is 0. The zero-order valence-electron chi connectivity index (χ0n) is 9.44. The number of aryl methyl sites for hydroxylation is 1. The second-order valence-electron chi connectivity index (χ2n) is 2.41. The lowest BCUT2D eigenvalue weighted by atomic mass is 10.3. The van der Waals surface area contributed by atoms with Crippen LogP contribution in [0.15, 0.2) is 43.0 Å². The second-order valence-corrected chi connectivity index (χ2v) is 2.41. The zero-order chi connectivity index (χ0) is 11.4. The van der Waals surface area contributed by atoms with E-state index in [0.29, 0.717) is 0 Å². The molecule has 0 radical (unpaired) electrons. The molecule has 0 bridgehead atoms. The van der Waals surface area contributed by atoms with Crippen LogP contribution in [0.4, 0.5) is 0 Å². The van der Waals surface area contributed by atoms with Gasteiger partial charge in [0, 0.05) is 24.7 Å². The highest BCUT2D eigenvalue weighted by Gasteiger charge is 1.72. The van der Waals surface area contributed by atoms with Gasteiger partial charge in [-0.1, -0.05) is 26.0 Å². The van der Waals surface area contributed by atoms with E-state index in [1.807, 2.05) is 32.9 Å². The van der Waals surface area contributed by atoms with E-state index in [-0.39, 0.29) is 0 Å². The molecule has 0 aliphatic carbocycles. The summed E-state index contributed by atoms with van der Waals surface area (Å²) in [4.78, 5) is 7.54. The van der Waals surface area contributed by atoms with E-state index in [4.69, 9.17) is 0 Å². The summed E-state index contributed by atoms with van der Waals surface area (Å²) in [6, 6.07) is 11.0. The van der Waals surface area contributed by atoms with Crippen molar-refractivity contribution in [3.8, 4) is 0 Å². The Bertz CT molecular complexity index is 279. The first kappa shape index (κ1) is 13.1. The normalized spacial score (nSPS) is 7.13. The van der Waals surface area contributed by atoms with Crippen LogP contribution in [0.5, 0.6) is 0 Å². The minimum Gasteiger partial charge on any atom is -0.265 e. The zero-order valence-corrected chi connectivity index (χ0v) is 9.44. The molecule has 0 atom stereocenters. The fourth-order valence-electron chi connectivity index (χ4n) is 0.672. The Morgan fingerprint density at radius 2 is 1.60 bits per heavy atom. The van der Waals surface area contributed by atoms with Crippen molar-refractivity contribution in [1.82, 2.24) is 9.97 Å². The minimum absolute atomic E-state index is 1.26. The maximum Gasteiger partial charge on any atom is 0.0770 e. The number of pyridine rings is 1. The highest BCUT2D eigenvalue weighted by Crippen LogP contribution is 1.88. The molecule has 78 valence electrons. The van der Waals surface area contributed by atoms with Crippen LogP contribution in [0.25, 0.3) is 0 Å². The Morgan fingerprint density at radius 3 is 1.80 bits per heavy atom. The molecule has 15 heavy (non-hydrogen) atoms. The molecule has 2 nitrogen and oxygen atoms in total. The van der Waals surface area contributed by atoms with Crippen LogP contribution in [-0.2, 0) is 0 Å². The van der Waals surface area contributed by atoms with Crippen LogP contribution in [0.2, 0.25) is 0 Å². The van der Waals surface area contributed by atoms with Crippen LogP contribution >= 0.6 is 0 Å². The quantitative estimate of drug-likeness (QED) is 0.653. The van der Waals surface area contributed by atoms with Crippen molar-refractivity contribution in [3.63, 3.8) is 0 Å². The lowest BCUT2D eigenvalue weighted by Gasteiger charge is -1.82. The number of rotatable bonds is 0. The fourth-order valence-corrected chi connectivity index (χ4v) is 0.672. The highest BCUT2D eigenvalue weighted by molar-refractivity contribution is 5.05. The predicted molar refractivity (Wildman–Crippen MR) is 62.2 cm³/mol. The number of nitrogens with zero attached hydrogens (tertiary/aromatic N) is 2. The molecule has 2 heterocycles. The van der Waals surface area contributed by atoms with Crippen molar-refractivity contribution in [2.24, 2.45) is 0 Å². The van der Waals surface area contributed by atoms with Crippen molar-refractivity contribution in [1.29, 1.82) is 0 Å². The Hall–Kier alpha value is -1.88. The molecule has 0 aliphatic rings. The van der Waals surface area contributed by atoms with Gasteiger partial charge in [-0.05, 0) is 24.6 Å². The highest BCUT2D eigenvalue weighted by atomic mass is 14.6. The number of hydrogen-bond donors (Lipinski definition) is 0. The summed E-state index contributed by atoms with van der Waals surface area (Å²) in [5.41, 5.74) is 1.26. The Labute approximate surface area is 92.0 Å². The molecule has 2 aromatic rings. The van der Waals surface area contributed by atoms with Gasteiger partial charge in [0.15, 0.2) is 0 Å². The third-order valence-corrected chi connectivity index (χ3v) is 1.31. The van der Waals surface area contributed by atoms with Crippen molar-refractivity contribution in [2.45, 2.75) is 20.8 Å². The molecule has 2 aromatic heterocycles. The van der Waals surface area contributed by atoms with Gasteiger partial charge in [0.2, 0.25) is 0 Å². The average Bonchev–Trinajstić information content (AvgIpc) is 2.36. The van der Waals surface area contributed by atoms with E-state index >= 15 is 0 Å². The minimum atomic E-state index is 1.26. The molecule has 0 saturated heterocycles. The Kier molecular flexibility index (Phi) is 8.92. The third kappa shape index (κ3) is 8.45. The maximum atomic E-state index is 3.85. The van der Waals surface area contributed by atoms with Crippen LogP contribution < -0.4 is 0 Å². The van der Waals surface area contributed by atoms with E-state index in [1.54, 1.807) is 30.9 Å². The van der Waals surface area contributed by atoms with E-state index in [0.717, 1.165) is 0 Å². The van der Waals surface area contributed by atoms with Gasteiger partial charge in [-0.2, -0.15) is 0 Å². The smallest absolute Gasteiger partial charge is 0.0770 e. The van der Waals surface area contributed by atoms with E-state index in [9.17, 15) is 0 Å². The molecule has 0 spiro atoms. The van der Waals surface area contributed by atoms with Gasteiger partial charge in [0.1, 0.15) is 0 Å². The Morgan fingerprint density at radius 1 is 0.933 bits per heavy atom. The topological polar surface area (TPSA) is 25.8 Å². The van der Waals surface area contributed by atoms with Crippen LogP contribution in [-0.4, -0.2) is 9.97 Å². The van der Waals surface area contributed by atoms with E-state index in [2.05, 4.69) is 22.1 Å². The van der Waals surface area contributed by atoms with Crippen molar-refractivity contribution < 1.29 is 0 Å². The van der Waals surface area contributed by atoms with Crippen molar-refractivity contribution in [2.75, 3.05) is 0 Å². The predicted octanol–water partition coefficient (Wildman–Crippen LogP) is 3.10. The standard InChI is InChI=1S/C6H7N.C5H3N.C2H6/c1-6-2-4-7-5-3-6;1-2-4-6-5-3-1;1-2/h2-5H,1H3;2,4-5H;1-2H3. The summed E-state index contributed by atoms with van der Waals surface area (Å²) in [6.45, 7) is 6.04. The second kappa shape index (κ2) is 10.2. The van der Waals surface area contributed by atoms with Gasteiger partial charge >= 0.3 is 0 Å². The number of hydrogen-bond acceptors (Lipinski definition) is 2. The van der Waals surface area contributed by atoms with E-state index in [1.165, 1.54) is 5.56 Å². The van der Waals surface area contributed by atoms with Gasteiger partial charge in [0.25, 0.3) is 0 Å². The molecule has 2 heteroatoms. The van der Waals surface area contributed by atoms with Gasteiger partial charge in [-0.15, -0.1) is 0 Å². The molecular formula is C13H16N2. The first-order chi connectivity index (χ1) is 7.39. The lowest BCUT2D eigenvalue weighted by molar-refractivity contribution is 1.29. The summed E-state index contributed by atoms with van der Waals surface area (Å²) in [5.74, 6) is 0. The molecule has 0 amide bonds. The van der Waals surface area contributed by atoms with Gasteiger partial charge in [-0.3, -0.25) is 9.97 Å². The third-order valence-electron chi connectivity index (χ3n) is 1.31. The monoisotopic (exact) mass is 200 g/mol. The van der Waals surface area contributed by atoms with E-state index < -0.39 is 0 Å². The fraction of sp³-hybridized carbons (Fsp3) is 0.231. The average molecular weight is 200 g/mol. The summed E-state index contributed by atoms with van der Waals surface area (Å²) in [7, 11) is 0. The van der Waals surface area contributed by atoms with Gasteiger partial charge < -0.3 is 0 Å². The summed E-state index contributed by atoms with van der Waals surface area (Å²) in [5, 5.41) is 0. The lowest BCUT2D eigenvalue weighted by Crippen LogP contribution is -1.68. The summed E-state index contributed by atoms with van der Waals surface area (Å²) in [6.07, 6.45) is 6.81. The first-order valence-corrected chi connectivity index (χ1v) is 4.94. The van der Waals surface area contributed by atoms with Crippen LogP contribution in [0.3, 0.4) is 0 Å². The van der Waals surface area contributed by atoms with Gasteiger partial charge in [0.05, 0.1) is 6.20 Å². The maximum absolute atomic E-state index is 3.85. The first-order valence-electron chi connectivity index (χ1n) is 4.94. The molecule has 0 aromatic carbocycles. The van der Waals surface area contributed by atoms with Crippen LogP contribution in [0.1, 0.15) is 19.4 Å². The van der Waals surface area contributed by atoms with Crippen molar-refractivity contribution >= 4 is 0 Å². The van der Waals surface area contributed by atoms with Crippen molar-refractivity contribution in [3.05, 3.63) is 60.7 Å².